The van der Waals surface area contributed by atoms with E-state index >= 15 is 0 Å². The van der Waals surface area contributed by atoms with Crippen molar-refractivity contribution in [3.05, 3.63) is 35.0 Å². The lowest BCUT2D eigenvalue weighted by molar-refractivity contribution is 1.09. The largest absolute Gasteiger partial charge is 0.355 e. The van der Waals surface area contributed by atoms with E-state index in [0.717, 1.165) is 0 Å². The van der Waals surface area contributed by atoms with Gasteiger partial charge in [0.2, 0.25) is 0 Å². The van der Waals surface area contributed by atoms with Crippen molar-refractivity contribution in [3.63, 3.8) is 0 Å². The van der Waals surface area contributed by atoms with Gasteiger partial charge in [0.05, 0.1) is 0 Å². The minimum atomic E-state index is 1.25. The van der Waals surface area contributed by atoms with Gasteiger partial charge >= 0.3 is 0 Å². The number of hydrogen-bond acceptors (Lipinski definition) is 0. The highest BCUT2D eigenvalue weighted by Crippen LogP contribution is 2.06. The molecule has 0 amide bonds. The van der Waals surface area contributed by atoms with Crippen LogP contribution in [0.3, 0.4) is 0 Å². The minimum absolute atomic E-state index is 1.25. The Morgan fingerprint density at radius 2 is 1.17 bits per heavy atom. The third-order valence-electron chi connectivity index (χ3n) is 2.72. The highest BCUT2D eigenvalue weighted by molar-refractivity contribution is 5.85. The van der Waals surface area contributed by atoms with Crippen molar-refractivity contribution in [1.29, 1.82) is 0 Å². The number of nitrogens with one attached hydrogen (secondary N) is 1. The predicted octanol–water partition coefficient (Wildman–Crippen LogP) is 3.97. The van der Waals surface area contributed by atoms with E-state index in [-0.39, 0.29) is 0 Å². The number of fused-ring (bicyclic) bond motifs is 1. The summed E-state index contributed by atoms with van der Waals surface area (Å²) in [6.45, 7) is 12.8. The van der Waals surface area contributed by atoms with Crippen LogP contribution in [0.5, 0.6) is 0 Å². The molecule has 0 atom stereocenters. The van der Waals surface area contributed by atoms with E-state index in [1.807, 2.05) is 0 Å². The monoisotopic (exact) mass is 243 g/mol. The van der Waals surface area contributed by atoms with Crippen LogP contribution in [0.15, 0.2) is 24.3 Å². The van der Waals surface area contributed by atoms with Gasteiger partial charge in [0.1, 0.15) is 0 Å². The van der Waals surface area contributed by atoms with Crippen molar-refractivity contribution in [2.24, 2.45) is 0 Å². The number of H-pyrrole nitrogens is 1. The van der Waals surface area contributed by atoms with E-state index in [1.165, 1.54) is 39.0 Å². The average molecular weight is 243 g/mol. The fraction of sp³-hybridized carbons (Fsp3) is 0.412. The van der Waals surface area contributed by atoms with Gasteiger partial charge in [-0.15, -0.1) is 0 Å². The Kier molecular flexibility index (Phi) is 5.21. The third-order valence-corrected chi connectivity index (χ3v) is 2.72. The molecule has 0 spiro atoms. The maximum absolute atomic E-state index is 3.51. The van der Waals surface area contributed by atoms with E-state index < -0.39 is 0 Å². The maximum Gasteiger partial charge on any atom is 0.0451 e. The number of aromatic nitrogens is 1. The van der Waals surface area contributed by atoms with Gasteiger partial charge in [-0.3, -0.25) is 0 Å². The molecule has 2 aromatic rings. The molecular formula is C17H25N. The van der Waals surface area contributed by atoms with Crippen LogP contribution in [0.1, 0.15) is 48.0 Å². The van der Waals surface area contributed by atoms with Crippen LogP contribution in [0.2, 0.25) is 0 Å². The first-order valence-corrected chi connectivity index (χ1v) is 6.74. The summed E-state index contributed by atoms with van der Waals surface area (Å²) in [5.41, 5.74) is 2.66. The summed E-state index contributed by atoms with van der Waals surface area (Å²) in [5, 5.41) is 5.19. The van der Waals surface area contributed by atoms with Gasteiger partial charge in [0.15, 0.2) is 0 Å². The molecule has 0 aliphatic rings. The highest BCUT2D eigenvalue weighted by atomic mass is 14.7. The summed E-state index contributed by atoms with van der Waals surface area (Å²) in [6.07, 6.45) is 1.25. The molecule has 1 nitrogen and oxygen atoms in total. The molecule has 1 heteroatoms. The molecule has 98 valence electrons. The van der Waals surface area contributed by atoms with Crippen molar-refractivity contribution in [1.82, 2.24) is 4.98 Å². The molecule has 0 fully saturated rings. The van der Waals surface area contributed by atoms with Crippen molar-refractivity contribution in [2.45, 2.75) is 48.0 Å². The average Bonchev–Trinajstić information content (AvgIpc) is 2.69. The van der Waals surface area contributed by atoms with Gasteiger partial charge in [0.25, 0.3) is 0 Å². The Bertz CT molecular complexity index is 567. The van der Waals surface area contributed by atoms with Gasteiger partial charge in [-0.2, -0.15) is 0 Å². The second kappa shape index (κ2) is 6.44. The zero-order valence-corrected chi connectivity index (χ0v) is 12.5. The van der Waals surface area contributed by atoms with E-state index in [9.17, 15) is 0 Å². The fourth-order valence-corrected chi connectivity index (χ4v) is 1.97. The first-order valence-electron chi connectivity index (χ1n) is 6.74. The fourth-order valence-electron chi connectivity index (χ4n) is 1.97. The van der Waals surface area contributed by atoms with E-state index in [0.29, 0.717) is 0 Å². The zero-order valence-electron chi connectivity index (χ0n) is 12.5. The second-order valence-corrected chi connectivity index (χ2v) is 5.13. The molecule has 1 N–H and O–H groups in total. The quantitative estimate of drug-likeness (QED) is 0.721. The van der Waals surface area contributed by atoms with Crippen LogP contribution < -0.4 is 10.7 Å². The Labute approximate surface area is 110 Å². The van der Waals surface area contributed by atoms with Crippen LogP contribution in [-0.4, -0.2) is 4.98 Å². The molecule has 1 aromatic carbocycles. The molecule has 18 heavy (non-hydrogen) atoms. The normalized spacial score (nSPS) is 9.89. The summed E-state index contributed by atoms with van der Waals surface area (Å²) >= 11 is 0. The lowest BCUT2D eigenvalue weighted by Gasteiger charge is -1.89. The number of aromatic amines is 1. The van der Waals surface area contributed by atoms with E-state index in [2.05, 4.69) is 70.8 Å². The van der Waals surface area contributed by atoms with Crippen molar-refractivity contribution < 1.29 is 0 Å². The topological polar surface area (TPSA) is 15.8 Å². The van der Waals surface area contributed by atoms with Crippen LogP contribution in [0.25, 0.3) is 21.9 Å². The Hall–Kier alpha value is -1.50. The van der Waals surface area contributed by atoms with Crippen LogP contribution in [-0.2, 0) is 0 Å². The standard InChI is InChI=1S/C14H17N.C3H8/c1-9(2)13-11-7-5-6-8-12(11)14(15-13)10(3)4;1-3-2/h5-8,15H,1-4H3;3H2,1-2H3. The summed E-state index contributed by atoms with van der Waals surface area (Å²) in [4.78, 5) is 3.51. The smallest absolute Gasteiger partial charge is 0.0451 e. The molecule has 0 saturated heterocycles. The maximum atomic E-state index is 3.51. The second-order valence-electron chi connectivity index (χ2n) is 5.13. The van der Waals surface area contributed by atoms with E-state index in [4.69, 9.17) is 0 Å². The van der Waals surface area contributed by atoms with Gasteiger partial charge in [-0.25, -0.2) is 0 Å². The Morgan fingerprint density at radius 1 is 0.833 bits per heavy atom. The number of benzene rings is 1. The number of rotatable bonds is 0. The molecule has 0 radical (unpaired) electrons. The molecule has 0 bridgehead atoms. The van der Waals surface area contributed by atoms with Gasteiger partial charge < -0.3 is 4.98 Å². The van der Waals surface area contributed by atoms with Crippen molar-refractivity contribution in [3.8, 4) is 0 Å². The first kappa shape index (κ1) is 14.6. The van der Waals surface area contributed by atoms with Crippen LogP contribution in [0.4, 0.5) is 0 Å². The molecular weight excluding hydrogens is 218 g/mol. The minimum Gasteiger partial charge on any atom is -0.355 e. The van der Waals surface area contributed by atoms with Crippen molar-refractivity contribution >= 4 is 21.9 Å². The Morgan fingerprint density at radius 3 is 1.44 bits per heavy atom. The SMILES string of the molecule is CC(C)=c1[nH]c(=C(C)C)c2ccccc12.CCC. The summed E-state index contributed by atoms with van der Waals surface area (Å²) < 4.78 is 0. The number of hydrogen-bond donors (Lipinski definition) is 1. The molecule has 2 rings (SSSR count). The molecule has 1 aromatic heterocycles. The van der Waals surface area contributed by atoms with E-state index in [1.54, 1.807) is 0 Å². The zero-order chi connectivity index (χ0) is 13.7. The lowest BCUT2D eigenvalue weighted by Crippen LogP contribution is -2.12. The summed E-state index contributed by atoms with van der Waals surface area (Å²) in [5.74, 6) is 0. The molecule has 0 saturated carbocycles. The third kappa shape index (κ3) is 3.04. The molecule has 1 heterocycles. The van der Waals surface area contributed by atoms with Gasteiger partial charge in [0, 0.05) is 21.5 Å². The van der Waals surface area contributed by atoms with Gasteiger partial charge in [-0.1, -0.05) is 55.7 Å². The summed E-state index contributed by atoms with van der Waals surface area (Å²) in [7, 11) is 0. The first-order chi connectivity index (χ1) is 8.52. The van der Waals surface area contributed by atoms with Crippen molar-refractivity contribution in [2.75, 3.05) is 0 Å². The highest BCUT2D eigenvalue weighted by Gasteiger charge is 2.00. The summed E-state index contributed by atoms with van der Waals surface area (Å²) in [6, 6.07) is 8.55. The Balaban J connectivity index is 0.000000492. The van der Waals surface area contributed by atoms with Gasteiger partial charge in [-0.05, 0) is 27.7 Å². The molecule has 0 unspecified atom stereocenters. The molecule has 0 aliphatic carbocycles. The van der Waals surface area contributed by atoms with Crippen LogP contribution in [0, 0.1) is 0 Å². The van der Waals surface area contributed by atoms with Crippen LogP contribution >= 0.6 is 0 Å². The lowest BCUT2D eigenvalue weighted by atomic mass is 10.1. The predicted molar refractivity (Wildman–Crippen MR) is 83.0 cm³/mol. The molecule has 0 aliphatic heterocycles.